The van der Waals surface area contributed by atoms with Crippen molar-refractivity contribution in [2.24, 2.45) is 5.10 Å². The smallest absolute Gasteiger partial charge is 0.253 e. The zero-order valence-electron chi connectivity index (χ0n) is 15.4. The van der Waals surface area contributed by atoms with Crippen molar-refractivity contribution in [3.8, 4) is 11.5 Å². The van der Waals surface area contributed by atoms with Gasteiger partial charge < -0.3 is 9.47 Å². The first-order valence-corrected chi connectivity index (χ1v) is 12.0. The lowest BCUT2D eigenvalue weighted by atomic mass is 10.1. The maximum absolute atomic E-state index is 13.1. The summed E-state index contributed by atoms with van der Waals surface area (Å²) in [6.45, 7) is 1.12. The summed E-state index contributed by atoms with van der Waals surface area (Å²) in [6.07, 6.45) is 0.751. The predicted octanol–water partition coefficient (Wildman–Crippen LogP) is 5.05. The zero-order valence-corrected chi connectivity index (χ0v) is 17.9. The average Bonchev–Trinajstić information content (AvgIpc) is 3.52. The molecule has 0 aliphatic carbocycles. The van der Waals surface area contributed by atoms with E-state index in [1.54, 1.807) is 27.7 Å². The Hall–Kier alpha value is -2.29. The van der Waals surface area contributed by atoms with Crippen LogP contribution in [0.15, 0.2) is 63.2 Å². The van der Waals surface area contributed by atoms with Gasteiger partial charge in [0, 0.05) is 16.2 Å². The lowest BCUT2D eigenvalue weighted by Gasteiger charge is -2.21. The molecule has 148 valence electrons. The Bertz CT molecular complexity index is 1030. The maximum atomic E-state index is 13.1. The van der Waals surface area contributed by atoms with Gasteiger partial charge in [0.1, 0.15) is 13.2 Å². The van der Waals surface area contributed by atoms with Crippen LogP contribution in [0.3, 0.4) is 0 Å². The summed E-state index contributed by atoms with van der Waals surface area (Å²) < 4.78 is 11.2. The summed E-state index contributed by atoms with van der Waals surface area (Å²) in [5.41, 5.74) is 0.982. The predicted molar refractivity (Wildman–Crippen MR) is 118 cm³/mol. The molecule has 1 amide bonds. The minimum atomic E-state index is -0.0273. The van der Waals surface area contributed by atoms with E-state index in [4.69, 9.17) is 14.6 Å². The number of amides is 1. The van der Waals surface area contributed by atoms with E-state index in [1.807, 2.05) is 41.1 Å². The number of hydrogen-bond donors (Lipinski definition) is 0. The molecule has 8 heteroatoms. The first-order chi connectivity index (χ1) is 14.3. The number of fused-ring (bicyclic) bond motifs is 1. The molecule has 2 aliphatic rings. The Balaban J connectivity index is 1.32. The van der Waals surface area contributed by atoms with Crippen LogP contribution in [0.4, 0.5) is 0 Å². The fraction of sp³-hybridized carbons (Fsp3) is 0.238. The van der Waals surface area contributed by atoms with E-state index in [0.29, 0.717) is 19.0 Å². The third-order valence-electron chi connectivity index (χ3n) is 4.72. The number of benzene rings is 1. The van der Waals surface area contributed by atoms with Crippen LogP contribution in [-0.4, -0.2) is 35.6 Å². The molecule has 5 rings (SSSR count). The maximum Gasteiger partial charge on any atom is 0.253 e. The van der Waals surface area contributed by atoms with Gasteiger partial charge in [-0.1, -0.05) is 12.1 Å². The van der Waals surface area contributed by atoms with E-state index >= 15 is 0 Å². The molecule has 1 aromatic carbocycles. The minimum absolute atomic E-state index is 0.00912. The van der Waals surface area contributed by atoms with Crippen LogP contribution in [0.2, 0.25) is 0 Å². The molecule has 1 atom stereocenters. The van der Waals surface area contributed by atoms with Crippen molar-refractivity contribution >= 4 is 46.1 Å². The Kier molecular flexibility index (Phi) is 5.30. The molecule has 1 unspecified atom stereocenters. The van der Waals surface area contributed by atoms with Crippen LogP contribution in [0.5, 0.6) is 11.5 Å². The van der Waals surface area contributed by atoms with Crippen LogP contribution >= 0.6 is 34.4 Å². The van der Waals surface area contributed by atoms with Crippen molar-refractivity contribution in [2.45, 2.75) is 17.4 Å². The first-order valence-electron chi connectivity index (χ1n) is 9.27. The number of ether oxygens (including phenoxy) is 2. The standard InChI is InChI=1S/C21H18N2O3S3/c24-21(13-29-14-5-6-17-18(11-14)26-8-7-25-17)23-16(20-4-2-10-28-20)12-15(22-23)19-3-1-9-27-19/h1-6,9-11,16H,7-8,12-13H2. The van der Waals surface area contributed by atoms with Crippen LogP contribution in [0.25, 0.3) is 0 Å². The Morgan fingerprint density at radius 1 is 1.10 bits per heavy atom. The van der Waals surface area contributed by atoms with Gasteiger partial charge in [-0.25, -0.2) is 5.01 Å². The second-order valence-corrected chi connectivity index (χ2v) is 9.57. The van der Waals surface area contributed by atoms with Gasteiger partial charge >= 0.3 is 0 Å². The average molecular weight is 443 g/mol. The highest BCUT2D eigenvalue weighted by atomic mass is 32.2. The van der Waals surface area contributed by atoms with Crippen molar-refractivity contribution in [3.05, 3.63) is 63.0 Å². The highest BCUT2D eigenvalue weighted by molar-refractivity contribution is 8.00. The molecule has 0 saturated carbocycles. The summed E-state index contributed by atoms with van der Waals surface area (Å²) in [7, 11) is 0. The molecule has 29 heavy (non-hydrogen) atoms. The van der Waals surface area contributed by atoms with Crippen molar-refractivity contribution in [1.29, 1.82) is 0 Å². The number of hydrogen-bond acceptors (Lipinski definition) is 7. The van der Waals surface area contributed by atoms with Crippen molar-refractivity contribution in [3.63, 3.8) is 0 Å². The second kappa shape index (κ2) is 8.22. The van der Waals surface area contributed by atoms with Gasteiger partial charge in [-0.15, -0.1) is 34.4 Å². The first kappa shape index (κ1) is 18.7. The van der Waals surface area contributed by atoms with Crippen LogP contribution in [0.1, 0.15) is 22.2 Å². The number of rotatable bonds is 5. The van der Waals surface area contributed by atoms with Crippen LogP contribution < -0.4 is 9.47 Å². The molecule has 0 N–H and O–H groups in total. The van der Waals surface area contributed by atoms with Gasteiger partial charge in [-0.2, -0.15) is 5.10 Å². The summed E-state index contributed by atoms with van der Waals surface area (Å²) in [5.74, 6) is 1.83. The largest absolute Gasteiger partial charge is 0.486 e. The fourth-order valence-corrected chi connectivity index (χ4v) is 5.67. The Labute approximate surface area is 181 Å². The highest BCUT2D eigenvalue weighted by Gasteiger charge is 2.33. The molecule has 2 aromatic heterocycles. The van der Waals surface area contributed by atoms with Crippen LogP contribution in [-0.2, 0) is 4.79 Å². The highest BCUT2D eigenvalue weighted by Crippen LogP contribution is 2.38. The molecule has 0 spiro atoms. The number of carbonyl (C=O) groups is 1. The van der Waals surface area contributed by atoms with Gasteiger partial charge in [0.05, 0.1) is 22.4 Å². The van der Waals surface area contributed by atoms with Gasteiger partial charge in [0.25, 0.3) is 5.91 Å². The lowest BCUT2D eigenvalue weighted by Crippen LogP contribution is -2.28. The van der Waals surface area contributed by atoms with E-state index in [1.165, 1.54) is 11.8 Å². The van der Waals surface area contributed by atoms with E-state index in [2.05, 4.69) is 12.1 Å². The monoisotopic (exact) mass is 442 g/mol. The summed E-state index contributed by atoms with van der Waals surface area (Å²) >= 11 is 4.83. The normalized spacial score (nSPS) is 18.0. The van der Waals surface area contributed by atoms with E-state index in [0.717, 1.165) is 38.3 Å². The molecule has 3 aromatic rings. The minimum Gasteiger partial charge on any atom is -0.486 e. The van der Waals surface area contributed by atoms with Gasteiger partial charge in [0.15, 0.2) is 11.5 Å². The molecule has 0 fully saturated rings. The number of hydrazone groups is 1. The van der Waals surface area contributed by atoms with Gasteiger partial charge in [-0.05, 0) is 41.1 Å². The van der Waals surface area contributed by atoms with Gasteiger partial charge in [-0.3, -0.25) is 4.79 Å². The van der Waals surface area contributed by atoms with E-state index in [-0.39, 0.29) is 11.9 Å². The van der Waals surface area contributed by atoms with Crippen molar-refractivity contribution < 1.29 is 14.3 Å². The quantitative estimate of drug-likeness (QED) is 0.519. The number of thiophene rings is 2. The third kappa shape index (κ3) is 3.92. The van der Waals surface area contributed by atoms with Crippen LogP contribution in [0, 0.1) is 0 Å². The number of nitrogens with zero attached hydrogens (tertiary/aromatic N) is 2. The Morgan fingerprint density at radius 3 is 2.72 bits per heavy atom. The summed E-state index contributed by atoms with van der Waals surface area (Å²) in [4.78, 5) is 16.4. The molecule has 4 heterocycles. The molecule has 5 nitrogen and oxygen atoms in total. The topological polar surface area (TPSA) is 51.1 Å². The van der Waals surface area contributed by atoms with Crippen molar-refractivity contribution in [1.82, 2.24) is 5.01 Å². The molecule has 0 radical (unpaired) electrons. The number of thioether (sulfide) groups is 1. The molecule has 2 aliphatic heterocycles. The zero-order chi connectivity index (χ0) is 19.6. The molecular weight excluding hydrogens is 424 g/mol. The lowest BCUT2D eigenvalue weighted by molar-refractivity contribution is -0.130. The SMILES string of the molecule is O=C(CSc1ccc2c(c1)OCCO2)N1N=C(c2cccs2)CC1c1cccs1. The molecular formula is C21H18N2O3S3. The Morgan fingerprint density at radius 2 is 1.93 bits per heavy atom. The summed E-state index contributed by atoms with van der Waals surface area (Å²) in [6, 6.07) is 14.0. The summed E-state index contributed by atoms with van der Waals surface area (Å²) in [5, 5.41) is 10.5. The van der Waals surface area contributed by atoms with Gasteiger partial charge in [0.2, 0.25) is 0 Å². The van der Waals surface area contributed by atoms with E-state index < -0.39 is 0 Å². The van der Waals surface area contributed by atoms with E-state index in [9.17, 15) is 4.79 Å². The van der Waals surface area contributed by atoms with Crippen molar-refractivity contribution in [2.75, 3.05) is 19.0 Å². The molecule has 0 bridgehead atoms. The second-order valence-electron chi connectivity index (χ2n) is 6.59. The number of carbonyl (C=O) groups excluding carboxylic acids is 1. The fourth-order valence-electron chi connectivity index (χ4n) is 3.36. The molecule has 0 saturated heterocycles. The third-order valence-corrected chi connectivity index (χ3v) is 7.59.